The number of quaternary nitrogens is 1. The van der Waals surface area contributed by atoms with Crippen LogP contribution in [0.1, 0.15) is 39.7 Å². The molecule has 0 radical (unpaired) electrons. The molecule has 1 aliphatic rings. The van der Waals surface area contributed by atoms with E-state index in [-0.39, 0.29) is 31.4 Å². The van der Waals surface area contributed by atoms with Gasteiger partial charge in [0.1, 0.15) is 17.4 Å². The van der Waals surface area contributed by atoms with Gasteiger partial charge in [-0.05, 0) is 43.9 Å². The molecule has 0 saturated carbocycles. The largest absolute Gasteiger partial charge is 0.462 e. The predicted molar refractivity (Wildman–Crippen MR) is 108 cm³/mol. The Bertz CT molecular complexity index is 880. The van der Waals surface area contributed by atoms with Crippen LogP contribution in [-0.2, 0) is 28.9 Å². The van der Waals surface area contributed by atoms with Gasteiger partial charge in [-0.25, -0.2) is 9.18 Å². The fraction of sp³-hybridized carbons (Fsp3) is 0.400. The molecule has 150 valence electrons. The van der Waals surface area contributed by atoms with Crippen molar-refractivity contribution in [1.82, 2.24) is 0 Å². The summed E-state index contributed by atoms with van der Waals surface area (Å²) in [6.45, 7) is 2.45. The molecule has 0 saturated heterocycles. The predicted octanol–water partition coefficient (Wildman–Crippen LogP) is 2.86. The number of carbonyl (C=O) groups excluding carboxylic acids is 2. The Morgan fingerprint density at radius 1 is 1.36 bits per heavy atom. The van der Waals surface area contributed by atoms with Gasteiger partial charge >= 0.3 is 5.97 Å². The van der Waals surface area contributed by atoms with Crippen LogP contribution in [0.3, 0.4) is 0 Å². The Labute approximate surface area is 172 Å². The minimum atomic E-state index is -0.393. The van der Waals surface area contributed by atoms with E-state index in [2.05, 4.69) is 5.32 Å². The number of carbonyl (C=O) groups is 2. The molecule has 1 aromatic heterocycles. The smallest absolute Gasteiger partial charge is 0.341 e. The SMILES string of the molecule is CCOC(=O)c1c(NC(=O)C[NH+](C)Cc2c(F)cccc2Cl)sc2c1CCC2. The molecule has 2 N–H and O–H groups in total. The number of thiophene rings is 1. The lowest BCUT2D eigenvalue weighted by atomic mass is 10.1. The number of benzene rings is 1. The van der Waals surface area contributed by atoms with Gasteiger partial charge in [-0.2, -0.15) is 0 Å². The van der Waals surface area contributed by atoms with Crippen molar-refractivity contribution in [2.45, 2.75) is 32.7 Å². The van der Waals surface area contributed by atoms with Gasteiger partial charge in [0, 0.05) is 4.88 Å². The Morgan fingerprint density at radius 3 is 2.86 bits per heavy atom. The number of hydrogen-bond donors (Lipinski definition) is 2. The van der Waals surface area contributed by atoms with Crippen LogP contribution >= 0.6 is 22.9 Å². The lowest BCUT2D eigenvalue weighted by Crippen LogP contribution is -3.08. The van der Waals surface area contributed by atoms with Gasteiger partial charge in [0.15, 0.2) is 6.54 Å². The minimum Gasteiger partial charge on any atom is -0.462 e. The summed E-state index contributed by atoms with van der Waals surface area (Å²) in [4.78, 5) is 26.8. The molecular weight excluding hydrogens is 403 g/mol. The van der Waals surface area contributed by atoms with Crippen LogP contribution in [0.25, 0.3) is 0 Å². The Morgan fingerprint density at radius 2 is 2.14 bits per heavy atom. The number of amides is 1. The van der Waals surface area contributed by atoms with Crippen molar-refractivity contribution >= 4 is 39.8 Å². The highest BCUT2D eigenvalue weighted by atomic mass is 35.5. The van der Waals surface area contributed by atoms with Crippen molar-refractivity contribution in [2.75, 3.05) is 25.5 Å². The van der Waals surface area contributed by atoms with Gasteiger partial charge in [0.05, 0.1) is 29.8 Å². The number of aryl methyl sites for hydroxylation is 1. The first-order valence-electron chi connectivity index (χ1n) is 9.26. The normalized spacial score (nSPS) is 13.9. The Kier molecular flexibility index (Phi) is 6.69. The highest BCUT2D eigenvalue weighted by molar-refractivity contribution is 7.17. The summed E-state index contributed by atoms with van der Waals surface area (Å²) in [6, 6.07) is 4.54. The zero-order chi connectivity index (χ0) is 20.3. The van der Waals surface area contributed by atoms with Crippen molar-refractivity contribution in [3.63, 3.8) is 0 Å². The minimum absolute atomic E-state index is 0.121. The molecule has 1 heterocycles. The van der Waals surface area contributed by atoms with Gasteiger partial charge in [0.2, 0.25) is 0 Å². The molecule has 1 unspecified atom stereocenters. The number of hydrogen-bond acceptors (Lipinski definition) is 4. The third-order valence-corrected chi connectivity index (χ3v) is 6.22. The monoisotopic (exact) mass is 425 g/mol. The van der Waals surface area contributed by atoms with Crippen molar-refractivity contribution in [2.24, 2.45) is 0 Å². The average molecular weight is 426 g/mol. The van der Waals surface area contributed by atoms with E-state index in [4.69, 9.17) is 16.3 Å². The number of anilines is 1. The second kappa shape index (κ2) is 9.03. The first-order chi connectivity index (χ1) is 13.4. The Balaban J connectivity index is 1.69. The van der Waals surface area contributed by atoms with E-state index >= 15 is 0 Å². The third-order valence-electron chi connectivity index (χ3n) is 4.66. The highest BCUT2D eigenvalue weighted by Crippen LogP contribution is 2.39. The Hall–Kier alpha value is -1.96. The van der Waals surface area contributed by atoms with Gasteiger partial charge in [-0.3, -0.25) is 4.79 Å². The number of halogens is 2. The maximum atomic E-state index is 14.0. The summed E-state index contributed by atoms with van der Waals surface area (Å²) in [6.07, 6.45) is 2.75. The zero-order valence-corrected chi connectivity index (χ0v) is 17.4. The maximum Gasteiger partial charge on any atom is 0.341 e. The van der Waals surface area contributed by atoms with E-state index in [1.54, 1.807) is 26.1 Å². The number of nitrogens with one attached hydrogen (secondary N) is 2. The van der Waals surface area contributed by atoms with Crippen LogP contribution in [0.15, 0.2) is 18.2 Å². The van der Waals surface area contributed by atoms with Gasteiger partial charge < -0.3 is 15.0 Å². The van der Waals surface area contributed by atoms with Crippen LogP contribution in [0.4, 0.5) is 9.39 Å². The molecule has 3 rings (SSSR count). The molecular formula is C20H23ClFN2O3S+. The topological polar surface area (TPSA) is 59.8 Å². The number of rotatable bonds is 7. The third kappa shape index (κ3) is 4.54. The summed E-state index contributed by atoms with van der Waals surface area (Å²) in [5, 5.41) is 3.75. The van der Waals surface area contributed by atoms with E-state index in [0.29, 0.717) is 21.2 Å². The van der Waals surface area contributed by atoms with Crippen molar-refractivity contribution in [1.29, 1.82) is 0 Å². The van der Waals surface area contributed by atoms with Gasteiger partial charge in [-0.15, -0.1) is 11.3 Å². The van der Waals surface area contributed by atoms with Gasteiger partial charge in [0.25, 0.3) is 5.91 Å². The molecule has 0 spiro atoms. The van der Waals surface area contributed by atoms with E-state index in [1.165, 1.54) is 17.4 Å². The number of fused-ring (bicyclic) bond motifs is 1. The molecule has 8 heteroatoms. The molecule has 28 heavy (non-hydrogen) atoms. The summed E-state index contributed by atoms with van der Waals surface area (Å²) < 4.78 is 19.1. The fourth-order valence-corrected chi connectivity index (χ4v) is 4.95. The number of ether oxygens (including phenoxy) is 1. The van der Waals surface area contributed by atoms with E-state index in [1.807, 2.05) is 0 Å². The van der Waals surface area contributed by atoms with E-state index < -0.39 is 5.97 Å². The number of likely N-dealkylation sites (N-methyl/N-ethyl adjacent to an activating group) is 1. The van der Waals surface area contributed by atoms with Crippen LogP contribution < -0.4 is 10.2 Å². The lowest BCUT2D eigenvalue weighted by Gasteiger charge is -2.15. The lowest BCUT2D eigenvalue weighted by molar-refractivity contribution is -0.885. The van der Waals surface area contributed by atoms with E-state index in [9.17, 15) is 14.0 Å². The second-order valence-electron chi connectivity index (χ2n) is 6.84. The molecule has 1 atom stereocenters. The quantitative estimate of drug-likeness (QED) is 0.670. The van der Waals surface area contributed by atoms with Crippen LogP contribution in [-0.4, -0.2) is 32.1 Å². The molecule has 0 bridgehead atoms. The summed E-state index contributed by atoms with van der Waals surface area (Å²) in [5.41, 5.74) is 1.87. The van der Waals surface area contributed by atoms with Crippen molar-refractivity contribution < 1.29 is 23.6 Å². The molecule has 5 nitrogen and oxygen atoms in total. The molecule has 1 aliphatic carbocycles. The van der Waals surface area contributed by atoms with Crippen LogP contribution in [0, 0.1) is 5.82 Å². The summed E-state index contributed by atoms with van der Waals surface area (Å²) in [5.74, 6) is -1.02. The first-order valence-corrected chi connectivity index (χ1v) is 10.5. The molecule has 2 aromatic rings. The zero-order valence-electron chi connectivity index (χ0n) is 15.9. The van der Waals surface area contributed by atoms with Crippen LogP contribution in [0.5, 0.6) is 0 Å². The molecule has 0 aliphatic heterocycles. The fourth-order valence-electron chi connectivity index (χ4n) is 3.42. The first kappa shape index (κ1) is 20.8. The van der Waals surface area contributed by atoms with E-state index in [0.717, 1.165) is 34.6 Å². The highest BCUT2D eigenvalue weighted by Gasteiger charge is 2.28. The maximum absolute atomic E-state index is 14.0. The summed E-state index contributed by atoms with van der Waals surface area (Å²) >= 11 is 7.51. The average Bonchev–Trinajstić information content (AvgIpc) is 3.18. The molecule has 1 aromatic carbocycles. The van der Waals surface area contributed by atoms with Crippen molar-refractivity contribution in [3.8, 4) is 0 Å². The molecule has 0 fully saturated rings. The molecule has 1 amide bonds. The standard InChI is InChI=1S/C20H22ClFN2O3S/c1-3-27-20(26)18-12-6-4-9-16(12)28-19(18)23-17(25)11-24(2)10-13-14(21)7-5-8-15(13)22/h5,7-8H,3-4,6,9-11H2,1-2H3,(H,23,25)/p+1. The van der Waals surface area contributed by atoms with Crippen molar-refractivity contribution in [3.05, 3.63) is 50.6 Å². The summed E-state index contributed by atoms with van der Waals surface area (Å²) in [7, 11) is 1.79. The van der Waals surface area contributed by atoms with Gasteiger partial charge in [-0.1, -0.05) is 17.7 Å². The second-order valence-corrected chi connectivity index (χ2v) is 8.35. The number of esters is 1. The van der Waals surface area contributed by atoms with Crippen LogP contribution in [0.2, 0.25) is 5.02 Å².